The Balaban J connectivity index is 1.86. The molecule has 12 heteroatoms. The topological polar surface area (TPSA) is 148 Å². The highest BCUT2D eigenvalue weighted by molar-refractivity contribution is 6.09. The number of methoxy groups -OCH3 is 1. The summed E-state index contributed by atoms with van der Waals surface area (Å²) >= 11 is 0. The molecule has 0 spiro atoms. The minimum atomic E-state index is -1.01. The molecule has 3 heterocycles. The lowest BCUT2D eigenvalue weighted by atomic mass is 10.1. The number of imide groups is 1. The van der Waals surface area contributed by atoms with Gasteiger partial charge in [-0.15, -0.1) is 11.3 Å². The molecule has 0 saturated heterocycles. The number of carbonyl (C=O) groups excluding carboxylic acids is 3. The van der Waals surface area contributed by atoms with E-state index in [-0.39, 0.29) is 17.5 Å². The fourth-order valence-corrected chi connectivity index (χ4v) is 4.25. The maximum absolute atomic E-state index is 13.2. The Bertz CT molecular complexity index is 1550. The number of aromatic nitrogens is 3. The van der Waals surface area contributed by atoms with E-state index < -0.39 is 23.4 Å². The third kappa shape index (κ3) is 6.46. The van der Waals surface area contributed by atoms with E-state index in [9.17, 15) is 14.4 Å². The van der Waals surface area contributed by atoms with Crippen LogP contribution >= 0.6 is 0 Å². The molecule has 3 N–H and O–H groups in total. The van der Waals surface area contributed by atoms with Gasteiger partial charge in [-0.1, -0.05) is 12.0 Å². The lowest BCUT2D eigenvalue weighted by Gasteiger charge is -2.27. The first kappa shape index (κ1) is 29.9. The zero-order valence-electron chi connectivity index (χ0n) is 24.7. The Morgan fingerprint density at radius 1 is 1.07 bits per heavy atom. The van der Waals surface area contributed by atoms with Gasteiger partial charge in [0.1, 0.15) is 11.2 Å². The number of hydrogen-bond acceptors (Lipinski definition) is 9. The molecule has 3 aromatic rings. The van der Waals surface area contributed by atoms with E-state index in [0.29, 0.717) is 57.5 Å². The minimum Gasteiger partial charge on any atom is -0.493 e. The summed E-state index contributed by atoms with van der Waals surface area (Å²) in [7, 11) is 1.50. The van der Waals surface area contributed by atoms with E-state index in [4.69, 9.17) is 20.6 Å². The highest BCUT2D eigenvalue weighted by atomic mass is 16.6. The SMILES string of the molecule is C#Cc1cccc(Nc2c(-c3ccnc(N(C(=O)OC(C)(C)C)C(=O)OC(C)(C)C)n3)[nH]c3c2C(=O)NCC3)c1OC. The monoisotopic (exact) mass is 574 g/mol. The van der Waals surface area contributed by atoms with Gasteiger partial charge in [0, 0.05) is 24.9 Å². The van der Waals surface area contributed by atoms with Crippen LogP contribution in [0.15, 0.2) is 30.5 Å². The number of hydrogen-bond donors (Lipinski definition) is 3. The van der Waals surface area contributed by atoms with Crippen LogP contribution < -0.4 is 20.3 Å². The number of terminal acetylenes is 1. The molecule has 0 fully saturated rings. The molecule has 1 aliphatic heterocycles. The van der Waals surface area contributed by atoms with Gasteiger partial charge in [-0.2, -0.15) is 0 Å². The average Bonchev–Trinajstić information content (AvgIpc) is 3.26. The number of benzene rings is 1. The number of carbonyl (C=O) groups is 3. The number of rotatable bonds is 5. The maximum atomic E-state index is 13.2. The van der Waals surface area contributed by atoms with E-state index >= 15 is 0 Å². The van der Waals surface area contributed by atoms with E-state index in [2.05, 4.69) is 31.5 Å². The summed E-state index contributed by atoms with van der Waals surface area (Å²) in [5.41, 5.74) is 1.39. The summed E-state index contributed by atoms with van der Waals surface area (Å²) in [5, 5.41) is 6.15. The van der Waals surface area contributed by atoms with Crippen LogP contribution in [0.25, 0.3) is 11.4 Å². The summed E-state index contributed by atoms with van der Waals surface area (Å²) in [5.74, 6) is 2.45. The Morgan fingerprint density at radius 3 is 2.33 bits per heavy atom. The highest BCUT2D eigenvalue weighted by Crippen LogP contribution is 2.39. The molecule has 0 unspecified atom stereocenters. The molecule has 1 aliphatic rings. The minimum absolute atomic E-state index is 0.272. The van der Waals surface area contributed by atoms with Gasteiger partial charge >= 0.3 is 12.2 Å². The van der Waals surface area contributed by atoms with Gasteiger partial charge in [0.15, 0.2) is 5.75 Å². The second-order valence-corrected chi connectivity index (χ2v) is 11.4. The van der Waals surface area contributed by atoms with E-state index in [1.807, 2.05) is 0 Å². The predicted molar refractivity (Wildman–Crippen MR) is 157 cm³/mol. The van der Waals surface area contributed by atoms with Crippen molar-refractivity contribution >= 4 is 35.4 Å². The number of aromatic amines is 1. The van der Waals surface area contributed by atoms with Crippen molar-refractivity contribution in [3.8, 4) is 29.5 Å². The first-order valence-corrected chi connectivity index (χ1v) is 13.3. The molecule has 2 aromatic heterocycles. The molecule has 220 valence electrons. The molecular weight excluding hydrogens is 540 g/mol. The van der Waals surface area contributed by atoms with Crippen LogP contribution in [0.3, 0.4) is 0 Å². The molecule has 0 atom stereocenters. The van der Waals surface area contributed by atoms with Gasteiger partial charge in [0.25, 0.3) is 5.91 Å². The van der Waals surface area contributed by atoms with Gasteiger partial charge in [0.2, 0.25) is 5.95 Å². The number of ether oxygens (including phenoxy) is 3. The molecule has 0 bridgehead atoms. The summed E-state index contributed by atoms with van der Waals surface area (Å²) in [6.07, 6.45) is 5.59. The van der Waals surface area contributed by atoms with E-state index in [1.54, 1.807) is 65.8 Å². The molecule has 0 saturated carbocycles. The molecule has 3 amide bonds. The number of para-hydroxylation sites is 1. The second kappa shape index (κ2) is 11.4. The first-order valence-electron chi connectivity index (χ1n) is 13.3. The van der Waals surface area contributed by atoms with Crippen molar-refractivity contribution in [1.29, 1.82) is 0 Å². The highest BCUT2D eigenvalue weighted by Gasteiger charge is 2.35. The summed E-state index contributed by atoms with van der Waals surface area (Å²) < 4.78 is 16.5. The molecule has 0 radical (unpaired) electrons. The lowest BCUT2D eigenvalue weighted by Crippen LogP contribution is -2.44. The number of fused-ring (bicyclic) bond motifs is 1. The Kier molecular flexibility index (Phi) is 8.15. The maximum Gasteiger partial charge on any atom is 0.427 e. The largest absolute Gasteiger partial charge is 0.493 e. The van der Waals surface area contributed by atoms with Crippen LogP contribution in [-0.2, 0) is 15.9 Å². The summed E-state index contributed by atoms with van der Waals surface area (Å²) in [6, 6.07) is 6.85. The van der Waals surface area contributed by atoms with Crippen LogP contribution in [0.1, 0.15) is 63.2 Å². The molecule has 4 rings (SSSR count). The Morgan fingerprint density at radius 2 is 1.74 bits per heavy atom. The smallest absolute Gasteiger partial charge is 0.427 e. The van der Waals surface area contributed by atoms with Gasteiger partial charge in [-0.3, -0.25) is 4.79 Å². The van der Waals surface area contributed by atoms with Crippen molar-refractivity contribution in [2.24, 2.45) is 0 Å². The van der Waals surface area contributed by atoms with Gasteiger partial charge < -0.3 is 29.8 Å². The number of anilines is 3. The van der Waals surface area contributed by atoms with Crippen LogP contribution in [0, 0.1) is 12.3 Å². The number of H-pyrrole nitrogens is 1. The van der Waals surface area contributed by atoms with Crippen LogP contribution in [0.4, 0.5) is 26.9 Å². The van der Waals surface area contributed by atoms with Crippen molar-refractivity contribution in [3.05, 3.63) is 47.3 Å². The number of nitrogens with one attached hydrogen (secondary N) is 3. The van der Waals surface area contributed by atoms with E-state index in [0.717, 1.165) is 0 Å². The summed E-state index contributed by atoms with van der Waals surface area (Å²) in [4.78, 5) is 52.1. The third-order valence-electron chi connectivity index (χ3n) is 5.85. The van der Waals surface area contributed by atoms with Crippen molar-refractivity contribution in [2.75, 3.05) is 23.9 Å². The van der Waals surface area contributed by atoms with Gasteiger partial charge in [-0.25, -0.2) is 19.6 Å². The fourth-order valence-electron chi connectivity index (χ4n) is 4.25. The Labute approximate surface area is 244 Å². The van der Waals surface area contributed by atoms with Gasteiger partial charge in [0.05, 0.1) is 41.0 Å². The van der Waals surface area contributed by atoms with Gasteiger partial charge in [-0.05, 0) is 59.7 Å². The van der Waals surface area contributed by atoms with Crippen LogP contribution in [-0.4, -0.2) is 57.9 Å². The molecule has 0 aliphatic carbocycles. The molecule has 42 heavy (non-hydrogen) atoms. The van der Waals surface area contributed by atoms with E-state index in [1.165, 1.54) is 13.3 Å². The predicted octanol–water partition coefficient (Wildman–Crippen LogP) is 5.17. The quantitative estimate of drug-likeness (QED) is 0.351. The standard InChI is InChI=1S/C30H34N6O6/c1-9-17-11-10-12-20(24(17)40-8)34-23-21-18(13-15-31-25(21)37)33-22(23)19-14-16-32-26(35-19)36(27(38)41-29(2,3)4)28(39)42-30(5,6)7/h1,10-12,14,16,33-34H,13,15H2,2-8H3,(H,31,37). The second-order valence-electron chi connectivity index (χ2n) is 11.4. The normalized spacial score (nSPS) is 12.9. The first-order chi connectivity index (χ1) is 19.7. The van der Waals surface area contributed by atoms with Crippen molar-refractivity contribution in [2.45, 2.75) is 59.2 Å². The molecule has 12 nitrogen and oxygen atoms in total. The fraction of sp³-hybridized carbons (Fsp3) is 0.367. The lowest BCUT2D eigenvalue weighted by molar-refractivity contribution is 0.0427. The van der Waals surface area contributed by atoms with Crippen LogP contribution in [0.2, 0.25) is 0 Å². The number of amides is 3. The van der Waals surface area contributed by atoms with Crippen molar-refractivity contribution in [1.82, 2.24) is 20.3 Å². The van der Waals surface area contributed by atoms with Crippen LogP contribution in [0.5, 0.6) is 5.75 Å². The molecular formula is C30H34N6O6. The third-order valence-corrected chi connectivity index (χ3v) is 5.85. The summed E-state index contributed by atoms with van der Waals surface area (Å²) in [6.45, 7) is 10.5. The van der Waals surface area contributed by atoms with Crippen molar-refractivity contribution < 1.29 is 28.6 Å². The Hall–Kier alpha value is -5.05. The molecule has 1 aromatic carbocycles. The zero-order valence-corrected chi connectivity index (χ0v) is 24.7. The zero-order chi connectivity index (χ0) is 30.8. The van der Waals surface area contributed by atoms with Crippen molar-refractivity contribution in [3.63, 3.8) is 0 Å². The number of nitrogens with zero attached hydrogens (tertiary/aromatic N) is 3. The average molecular weight is 575 g/mol.